The van der Waals surface area contributed by atoms with E-state index in [1.165, 1.54) is 25.7 Å². The minimum Gasteiger partial charge on any atom is -0.341 e. The quantitative estimate of drug-likeness (QED) is 0.723. The Morgan fingerprint density at radius 2 is 1.07 bits per heavy atom. The van der Waals surface area contributed by atoms with Gasteiger partial charge in [0.15, 0.2) is 0 Å². The van der Waals surface area contributed by atoms with Crippen molar-refractivity contribution >= 4 is 23.8 Å². The summed E-state index contributed by atoms with van der Waals surface area (Å²) in [6, 6.07) is 0. The van der Waals surface area contributed by atoms with E-state index in [2.05, 4.69) is 28.5 Å². The van der Waals surface area contributed by atoms with Crippen LogP contribution >= 0.6 is 0 Å². The molecule has 3 saturated heterocycles. The van der Waals surface area contributed by atoms with E-state index in [-0.39, 0.29) is 5.92 Å². The number of aromatic nitrogens is 3. The Balaban J connectivity index is 1.49. The van der Waals surface area contributed by atoms with Crippen LogP contribution in [0.15, 0.2) is 0 Å². The number of rotatable bonds is 6. The summed E-state index contributed by atoms with van der Waals surface area (Å²) in [5, 5.41) is 0. The third-order valence-electron chi connectivity index (χ3n) is 6.59. The molecule has 3 aliphatic rings. The summed E-state index contributed by atoms with van der Waals surface area (Å²) in [7, 11) is 0. The number of nitrogens with zero attached hydrogens (tertiary/aromatic N) is 7. The van der Waals surface area contributed by atoms with Crippen molar-refractivity contribution in [3.63, 3.8) is 0 Å². The zero-order valence-electron chi connectivity index (χ0n) is 18.0. The predicted molar refractivity (Wildman–Crippen MR) is 116 cm³/mol. The van der Waals surface area contributed by atoms with E-state index < -0.39 is 0 Å². The molecule has 0 saturated carbocycles. The number of anilines is 3. The van der Waals surface area contributed by atoms with E-state index in [0.29, 0.717) is 5.91 Å². The summed E-state index contributed by atoms with van der Waals surface area (Å²) in [6.45, 7) is 11.4. The second-order valence-corrected chi connectivity index (χ2v) is 8.45. The molecule has 0 unspecified atom stereocenters. The van der Waals surface area contributed by atoms with Crippen molar-refractivity contribution < 1.29 is 4.79 Å². The van der Waals surface area contributed by atoms with Crippen molar-refractivity contribution in [2.75, 3.05) is 67.1 Å². The zero-order valence-corrected chi connectivity index (χ0v) is 18.0. The Morgan fingerprint density at radius 3 is 1.45 bits per heavy atom. The van der Waals surface area contributed by atoms with Crippen LogP contribution in [0, 0.1) is 5.92 Å². The van der Waals surface area contributed by atoms with Crippen molar-refractivity contribution in [1.29, 1.82) is 0 Å². The van der Waals surface area contributed by atoms with Gasteiger partial charge in [0, 0.05) is 58.3 Å². The van der Waals surface area contributed by atoms with Crippen molar-refractivity contribution in [1.82, 2.24) is 19.9 Å². The van der Waals surface area contributed by atoms with Crippen LogP contribution in [-0.4, -0.2) is 78.1 Å². The van der Waals surface area contributed by atoms with Gasteiger partial charge in [0.2, 0.25) is 23.8 Å². The highest BCUT2D eigenvalue weighted by atomic mass is 16.2. The van der Waals surface area contributed by atoms with Gasteiger partial charge in [0.05, 0.1) is 0 Å². The van der Waals surface area contributed by atoms with E-state index in [1.807, 2.05) is 4.90 Å². The van der Waals surface area contributed by atoms with Gasteiger partial charge in [-0.25, -0.2) is 0 Å². The maximum absolute atomic E-state index is 12.7. The molecule has 3 aliphatic heterocycles. The van der Waals surface area contributed by atoms with Gasteiger partial charge < -0.3 is 19.6 Å². The van der Waals surface area contributed by atoms with Crippen molar-refractivity contribution in [3.05, 3.63) is 0 Å². The predicted octanol–water partition coefficient (Wildman–Crippen LogP) is 2.16. The molecule has 0 aromatic carbocycles. The average molecular weight is 402 g/mol. The fourth-order valence-electron chi connectivity index (χ4n) is 4.62. The molecular weight excluding hydrogens is 366 g/mol. The molecule has 0 spiro atoms. The van der Waals surface area contributed by atoms with E-state index in [0.717, 1.165) is 83.0 Å². The Labute approximate surface area is 174 Å². The summed E-state index contributed by atoms with van der Waals surface area (Å²) < 4.78 is 0. The van der Waals surface area contributed by atoms with Crippen LogP contribution in [0.3, 0.4) is 0 Å². The highest BCUT2D eigenvalue weighted by Crippen LogP contribution is 2.25. The molecule has 29 heavy (non-hydrogen) atoms. The standard InChI is InChI=1S/C21H35N7O/c1-3-17(4-2)18(29)25-13-15-28(16-14-25)21-23-19(26-9-5-6-10-26)22-20(24-21)27-11-7-8-12-27/h17H,3-16H2,1-2H3. The number of hydrogen-bond acceptors (Lipinski definition) is 7. The van der Waals surface area contributed by atoms with Crippen molar-refractivity contribution in [3.8, 4) is 0 Å². The van der Waals surface area contributed by atoms with Gasteiger partial charge in [-0.05, 0) is 38.5 Å². The number of carbonyl (C=O) groups is 1. The first-order chi connectivity index (χ1) is 14.2. The van der Waals surface area contributed by atoms with Gasteiger partial charge in [0.25, 0.3) is 0 Å². The molecule has 1 aromatic rings. The van der Waals surface area contributed by atoms with Crippen molar-refractivity contribution in [2.45, 2.75) is 52.4 Å². The number of carbonyl (C=O) groups excluding carboxylic acids is 1. The van der Waals surface area contributed by atoms with Crippen LogP contribution in [-0.2, 0) is 4.79 Å². The first-order valence-corrected chi connectivity index (χ1v) is 11.5. The molecule has 160 valence electrons. The molecule has 1 amide bonds. The summed E-state index contributed by atoms with van der Waals surface area (Å²) in [5.74, 6) is 2.89. The van der Waals surface area contributed by atoms with Crippen LogP contribution < -0.4 is 14.7 Å². The lowest BCUT2D eigenvalue weighted by Crippen LogP contribution is -2.51. The molecule has 4 heterocycles. The maximum atomic E-state index is 12.7. The first kappa shape index (κ1) is 20.2. The number of piperazine rings is 1. The molecule has 0 bridgehead atoms. The smallest absolute Gasteiger partial charge is 0.232 e. The lowest BCUT2D eigenvalue weighted by atomic mass is 10.0. The van der Waals surface area contributed by atoms with E-state index in [4.69, 9.17) is 15.0 Å². The molecule has 0 radical (unpaired) electrons. The van der Waals surface area contributed by atoms with Gasteiger partial charge in [0.1, 0.15) is 0 Å². The monoisotopic (exact) mass is 401 g/mol. The SMILES string of the molecule is CCC(CC)C(=O)N1CCN(c2nc(N3CCCC3)nc(N3CCCC3)n2)CC1. The van der Waals surface area contributed by atoms with E-state index in [1.54, 1.807) is 0 Å². The topological polar surface area (TPSA) is 68.7 Å². The van der Waals surface area contributed by atoms with E-state index in [9.17, 15) is 4.79 Å². The summed E-state index contributed by atoms with van der Waals surface area (Å²) in [4.78, 5) is 36.1. The molecule has 8 nitrogen and oxygen atoms in total. The molecule has 0 atom stereocenters. The number of hydrogen-bond donors (Lipinski definition) is 0. The van der Waals surface area contributed by atoms with Gasteiger partial charge >= 0.3 is 0 Å². The van der Waals surface area contributed by atoms with Gasteiger partial charge in [-0.2, -0.15) is 15.0 Å². The van der Waals surface area contributed by atoms with Crippen LogP contribution in [0.2, 0.25) is 0 Å². The van der Waals surface area contributed by atoms with Gasteiger partial charge in [-0.3, -0.25) is 4.79 Å². The second-order valence-electron chi connectivity index (χ2n) is 8.45. The minimum absolute atomic E-state index is 0.155. The lowest BCUT2D eigenvalue weighted by molar-refractivity contribution is -0.136. The molecule has 8 heteroatoms. The van der Waals surface area contributed by atoms with Gasteiger partial charge in [-0.1, -0.05) is 13.8 Å². The van der Waals surface area contributed by atoms with Gasteiger partial charge in [-0.15, -0.1) is 0 Å². The Morgan fingerprint density at radius 1 is 0.690 bits per heavy atom. The second kappa shape index (κ2) is 9.13. The lowest BCUT2D eigenvalue weighted by Gasteiger charge is -2.36. The Hall–Kier alpha value is -2.12. The van der Waals surface area contributed by atoms with Crippen LogP contribution in [0.25, 0.3) is 0 Å². The fourth-order valence-corrected chi connectivity index (χ4v) is 4.62. The third-order valence-corrected chi connectivity index (χ3v) is 6.59. The Bertz CT molecular complexity index is 654. The number of amides is 1. The van der Waals surface area contributed by atoms with Crippen LogP contribution in [0.1, 0.15) is 52.4 Å². The minimum atomic E-state index is 0.155. The van der Waals surface area contributed by atoms with E-state index >= 15 is 0 Å². The maximum Gasteiger partial charge on any atom is 0.232 e. The third kappa shape index (κ3) is 4.41. The zero-order chi connectivity index (χ0) is 20.2. The fraction of sp³-hybridized carbons (Fsp3) is 0.810. The normalized spacial score (nSPS) is 20.2. The summed E-state index contributed by atoms with van der Waals surface area (Å²) in [6.07, 6.45) is 6.66. The summed E-state index contributed by atoms with van der Waals surface area (Å²) >= 11 is 0. The van der Waals surface area contributed by atoms with Crippen molar-refractivity contribution in [2.24, 2.45) is 5.92 Å². The molecule has 4 rings (SSSR count). The summed E-state index contributed by atoms with van der Waals surface area (Å²) in [5.41, 5.74) is 0. The molecule has 0 N–H and O–H groups in total. The highest BCUT2D eigenvalue weighted by molar-refractivity contribution is 5.79. The largest absolute Gasteiger partial charge is 0.341 e. The van der Waals surface area contributed by atoms with Crippen LogP contribution in [0.4, 0.5) is 17.8 Å². The average Bonchev–Trinajstić information content (AvgIpc) is 3.48. The first-order valence-electron chi connectivity index (χ1n) is 11.5. The molecule has 1 aromatic heterocycles. The molecule has 3 fully saturated rings. The van der Waals surface area contributed by atoms with Crippen LogP contribution in [0.5, 0.6) is 0 Å². The molecule has 0 aliphatic carbocycles. The highest BCUT2D eigenvalue weighted by Gasteiger charge is 2.28. The molecular formula is C21H35N7O. The Kier molecular flexibility index (Phi) is 6.35.